The summed E-state index contributed by atoms with van der Waals surface area (Å²) in [5.74, 6) is 0.805. The Morgan fingerprint density at radius 2 is 2.16 bits per heavy atom. The number of hydrogen-bond acceptors (Lipinski definition) is 5. The van der Waals surface area contributed by atoms with Gasteiger partial charge in [0.05, 0.1) is 4.92 Å². The highest BCUT2D eigenvalue weighted by molar-refractivity contribution is 6.05. The Balaban J connectivity index is 1.79. The predicted octanol–water partition coefficient (Wildman–Crippen LogP) is 3.97. The van der Waals surface area contributed by atoms with E-state index in [0.717, 1.165) is 0 Å². The summed E-state index contributed by atoms with van der Waals surface area (Å²) in [7, 11) is 0. The molecule has 126 valence electrons. The van der Waals surface area contributed by atoms with Crippen LogP contribution in [0.4, 0.5) is 5.69 Å². The van der Waals surface area contributed by atoms with Gasteiger partial charge in [-0.25, -0.2) is 0 Å². The van der Waals surface area contributed by atoms with Crippen molar-refractivity contribution in [2.75, 3.05) is 0 Å². The lowest BCUT2D eigenvalue weighted by molar-refractivity contribution is -0.384. The molecule has 25 heavy (non-hydrogen) atoms. The Hall–Kier alpha value is -3.48. The molecule has 0 bridgehead atoms. The van der Waals surface area contributed by atoms with Crippen molar-refractivity contribution in [2.24, 2.45) is 0 Å². The Morgan fingerprint density at radius 3 is 2.92 bits per heavy atom. The van der Waals surface area contributed by atoms with Gasteiger partial charge >= 0.3 is 0 Å². The zero-order valence-electron chi connectivity index (χ0n) is 13.5. The lowest BCUT2D eigenvalue weighted by atomic mass is 10.1. The maximum atomic E-state index is 12.2. The number of allylic oxidation sites excluding steroid dienone is 1. The quantitative estimate of drug-likeness (QED) is 0.294. The number of furan rings is 1. The van der Waals surface area contributed by atoms with Gasteiger partial charge in [-0.05, 0) is 37.3 Å². The number of hydrogen-bond donors (Lipinski definition) is 0. The van der Waals surface area contributed by atoms with E-state index in [1.54, 1.807) is 47.3 Å². The molecule has 0 radical (unpaired) electrons. The van der Waals surface area contributed by atoms with Gasteiger partial charge in [0.2, 0.25) is 5.78 Å². The van der Waals surface area contributed by atoms with Gasteiger partial charge in [0.25, 0.3) is 5.69 Å². The number of nitro benzene ring substituents is 1. The van der Waals surface area contributed by atoms with Gasteiger partial charge in [0, 0.05) is 30.4 Å². The van der Waals surface area contributed by atoms with E-state index in [4.69, 9.17) is 4.42 Å². The van der Waals surface area contributed by atoms with E-state index in [0.29, 0.717) is 29.3 Å². The van der Waals surface area contributed by atoms with Crippen molar-refractivity contribution in [2.45, 2.75) is 13.5 Å². The fraction of sp³-hybridized carbons (Fsp3) is 0.111. The number of carbonyl (C=O) groups is 1. The van der Waals surface area contributed by atoms with Crippen LogP contribution in [0.5, 0.6) is 0 Å². The van der Waals surface area contributed by atoms with Crippen molar-refractivity contribution < 1.29 is 14.1 Å². The van der Waals surface area contributed by atoms with E-state index in [9.17, 15) is 14.9 Å². The molecular formula is C18H15N3O4. The van der Waals surface area contributed by atoms with Crippen molar-refractivity contribution in [1.82, 2.24) is 9.78 Å². The first-order chi connectivity index (χ1) is 12.1. The number of carbonyl (C=O) groups excluding carboxylic acids is 1. The number of ketones is 1. The van der Waals surface area contributed by atoms with Crippen LogP contribution in [0.25, 0.3) is 17.4 Å². The third kappa shape index (κ3) is 3.55. The second-order valence-corrected chi connectivity index (χ2v) is 5.24. The molecule has 3 aromatic rings. The zero-order chi connectivity index (χ0) is 17.8. The molecular weight excluding hydrogens is 322 g/mol. The standard InChI is InChI=1S/C18H15N3O4/c1-2-20-16(10-11-19-20)17(22)8-6-15-7-9-18(25-15)13-4-3-5-14(12-13)21(23)24/h3-12H,2H2,1H3. The molecule has 7 heteroatoms. The molecule has 0 spiro atoms. The van der Waals surface area contributed by atoms with Crippen molar-refractivity contribution >= 4 is 17.5 Å². The van der Waals surface area contributed by atoms with Crippen molar-refractivity contribution in [1.29, 1.82) is 0 Å². The summed E-state index contributed by atoms with van der Waals surface area (Å²) in [5, 5.41) is 14.9. The number of aromatic nitrogens is 2. The zero-order valence-corrected chi connectivity index (χ0v) is 13.5. The fourth-order valence-electron chi connectivity index (χ4n) is 2.41. The van der Waals surface area contributed by atoms with Crippen molar-refractivity contribution in [3.05, 3.63) is 76.3 Å². The van der Waals surface area contributed by atoms with Gasteiger partial charge in [-0.2, -0.15) is 5.10 Å². The minimum Gasteiger partial charge on any atom is -0.457 e. The average Bonchev–Trinajstić information content (AvgIpc) is 3.29. The lowest BCUT2D eigenvalue weighted by Crippen LogP contribution is -2.07. The topological polar surface area (TPSA) is 91.2 Å². The molecule has 0 fully saturated rings. The van der Waals surface area contributed by atoms with Gasteiger partial charge in [0.1, 0.15) is 17.2 Å². The first-order valence-corrected chi connectivity index (χ1v) is 7.67. The molecule has 1 aromatic carbocycles. The smallest absolute Gasteiger partial charge is 0.270 e. The summed E-state index contributed by atoms with van der Waals surface area (Å²) in [5.41, 5.74) is 1.10. The van der Waals surface area contributed by atoms with Gasteiger partial charge in [-0.1, -0.05) is 12.1 Å². The number of rotatable bonds is 6. The Kier molecular flexibility index (Phi) is 4.56. The molecule has 0 saturated carbocycles. The maximum Gasteiger partial charge on any atom is 0.270 e. The van der Waals surface area contributed by atoms with Gasteiger partial charge in [-0.15, -0.1) is 0 Å². The highest BCUT2D eigenvalue weighted by atomic mass is 16.6. The molecule has 0 aliphatic rings. The van der Waals surface area contributed by atoms with E-state index in [1.165, 1.54) is 18.2 Å². The monoisotopic (exact) mass is 337 g/mol. The molecule has 7 nitrogen and oxygen atoms in total. The second-order valence-electron chi connectivity index (χ2n) is 5.24. The Labute approximate surface area is 143 Å². The highest BCUT2D eigenvalue weighted by Gasteiger charge is 2.11. The third-order valence-corrected chi connectivity index (χ3v) is 3.64. The average molecular weight is 337 g/mol. The van der Waals surface area contributed by atoms with Crippen LogP contribution in [-0.2, 0) is 6.54 Å². The van der Waals surface area contributed by atoms with Gasteiger partial charge in [0.15, 0.2) is 0 Å². The number of nitro groups is 1. The summed E-state index contributed by atoms with van der Waals surface area (Å²) in [6, 6.07) is 11.3. The van der Waals surface area contributed by atoms with Crippen LogP contribution in [0.15, 0.2) is 59.2 Å². The van der Waals surface area contributed by atoms with E-state index < -0.39 is 4.92 Å². The SMILES string of the molecule is CCn1nccc1C(=O)C=Cc1ccc(-c2cccc([N+](=O)[O-])c2)o1. The van der Waals surface area contributed by atoms with Crippen LogP contribution >= 0.6 is 0 Å². The van der Waals surface area contributed by atoms with Crippen LogP contribution < -0.4 is 0 Å². The molecule has 2 heterocycles. The Bertz CT molecular complexity index is 953. The number of aryl methyl sites for hydroxylation is 1. The largest absolute Gasteiger partial charge is 0.457 e. The minimum atomic E-state index is -0.456. The molecule has 0 atom stereocenters. The van der Waals surface area contributed by atoms with Crippen LogP contribution in [0.1, 0.15) is 23.2 Å². The van der Waals surface area contributed by atoms with Crippen LogP contribution in [0.3, 0.4) is 0 Å². The molecule has 0 amide bonds. The molecule has 0 unspecified atom stereocenters. The van der Waals surface area contributed by atoms with E-state index in [1.807, 2.05) is 6.92 Å². The fourth-order valence-corrected chi connectivity index (χ4v) is 2.41. The highest BCUT2D eigenvalue weighted by Crippen LogP contribution is 2.26. The van der Waals surface area contributed by atoms with Crippen LogP contribution in [0, 0.1) is 10.1 Å². The molecule has 3 rings (SSSR count). The first-order valence-electron chi connectivity index (χ1n) is 7.67. The summed E-state index contributed by atoms with van der Waals surface area (Å²) in [6.07, 6.45) is 4.56. The summed E-state index contributed by atoms with van der Waals surface area (Å²) in [6.45, 7) is 2.52. The molecule has 0 saturated heterocycles. The van der Waals surface area contributed by atoms with Gasteiger partial charge < -0.3 is 4.42 Å². The summed E-state index contributed by atoms with van der Waals surface area (Å²) in [4.78, 5) is 22.6. The summed E-state index contributed by atoms with van der Waals surface area (Å²) < 4.78 is 7.26. The normalized spacial score (nSPS) is 11.1. The molecule has 2 aromatic heterocycles. The minimum absolute atomic E-state index is 0.00556. The predicted molar refractivity (Wildman–Crippen MR) is 92.1 cm³/mol. The number of benzene rings is 1. The molecule has 0 aliphatic carbocycles. The third-order valence-electron chi connectivity index (χ3n) is 3.64. The van der Waals surface area contributed by atoms with Crippen LogP contribution in [-0.4, -0.2) is 20.5 Å². The maximum absolute atomic E-state index is 12.2. The van der Waals surface area contributed by atoms with Crippen molar-refractivity contribution in [3.8, 4) is 11.3 Å². The molecule has 0 N–H and O–H groups in total. The van der Waals surface area contributed by atoms with E-state index in [2.05, 4.69) is 5.10 Å². The van der Waals surface area contributed by atoms with E-state index >= 15 is 0 Å². The molecule has 0 aliphatic heterocycles. The second kappa shape index (κ2) is 6.96. The lowest BCUT2D eigenvalue weighted by Gasteiger charge is -1.99. The van der Waals surface area contributed by atoms with Crippen LogP contribution in [0.2, 0.25) is 0 Å². The van der Waals surface area contributed by atoms with E-state index in [-0.39, 0.29) is 11.5 Å². The first kappa shape index (κ1) is 16.4. The Morgan fingerprint density at radius 1 is 1.32 bits per heavy atom. The summed E-state index contributed by atoms with van der Waals surface area (Å²) >= 11 is 0. The van der Waals surface area contributed by atoms with Gasteiger partial charge in [-0.3, -0.25) is 19.6 Å². The number of non-ortho nitro benzene ring substituents is 1. The number of nitrogens with zero attached hydrogens (tertiary/aromatic N) is 3. The van der Waals surface area contributed by atoms with Crippen molar-refractivity contribution in [3.63, 3.8) is 0 Å².